The number of aromatic nitrogens is 1. The zero-order valence-corrected chi connectivity index (χ0v) is 19.1. The molecule has 0 radical (unpaired) electrons. The van der Waals surface area contributed by atoms with Crippen molar-refractivity contribution in [3.05, 3.63) is 90.4 Å². The Morgan fingerprint density at radius 1 is 0.882 bits per heavy atom. The molecule has 0 bridgehead atoms. The van der Waals surface area contributed by atoms with Gasteiger partial charge in [-0.15, -0.1) is 0 Å². The number of carbonyl (C=O) groups is 2. The lowest BCUT2D eigenvalue weighted by molar-refractivity contribution is -0.116. The first-order chi connectivity index (χ1) is 16.2. The number of halogens is 1. The molecule has 0 spiro atoms. The van der Waals surface area contributed by atoms with E-state index in [2.05, 4.69) is 10.6 Å². The molecule has 1 heterocycles. The summed E-state index contributed by atoms with van der Waals surface area (Å²) in [6.45, 7) is 1.31. The molecule has 0 aliphatic carbocycles. The Morgan fingerprint density at radius 2 is 1.50 bits per heavy atom. The third-order valence-electron chi connectivity index (χ3n) is 5.16. The van der Waals surface area contributed by atoms with Crippen LogP contribution in [0.5, 0.6) is 0 Å². The van der Waals surface area contributed by atoms with Crippen molar-refractivity contribution in [1.29, 1.82) is 0 Å². The molecule has 0 aliphatic rings. The molecule has 174 valence electrons. The van der Waals surface area contributed by atoms with E-state index < -0.39 is 15.7 Å². The Balaban J connectivity index is 1.56. The molecule has 9 heteroatoms. The molecule has 0 unspecified atom stereocenters. The van der Waals surface area contributed by atoms with Crippen LogP contribution in [0.2, 0.25) is 0 Å². The second-order valence-electron chi connectivity index (χ2n) is 7.83. The lowest BCUT2D eigenvalue weighted by atomic mass is 10.2. The molecule has 2 N–H and O–H groups in total. The van der Waals surface area contributed by atoms with Gasteiger partial charge in [0, 0.05) is 35.4 Å². The minimum atomic E-state index is -3.75. The van der Waals surface area contributed by atoms with E-state index in [-0.39, 0.29) is 29.0 Å². The average Bonchev–Trinajstić information content (AvgIpc) is 3.16. The van der Waals surface area contributed by atoms with Crippen LogP contribution in [-0.4, -0.2) is 24.8 Å². The number of hydrogen-bond acceptors (Lipinski definition) is 4. The van der Waals surface area contributed by atoms with Gasteiger partial charge in [-0.1, -0.05) is 30.3 Å². The molecule has 0 aliphatic heterocycles. The summed E-state index contributed by atoms with van der Waals surface area (Å²) in [4.78, 5) is 23.9. The lowest BCUT2D eigenvalue weighted by Crippen LogP contribution is -2.18. The maximum Gasteiger partial charge on any atom is 0.244 e. The van der Waals surface area contributed by atoms with Gasteiger partial charge in [0.2, 0.25) is 11.8 Å². The summed E-state index contributed by atoms with van der Waals surface area (Å²) in [5.74, 6) is -1.25. The van der Waals surface area contributed by atoms with Gasteiger partial charge in [-0.3, -0.25) is 9.59 Å². The minimum Gasteiger partial charge on any atom is -0.337 e. The van der Waals surface area contributed by atoms with Crippen LogP contribution in [0.4, 0.5) is 15.8 Å². The van der Waals surface area contributed by atoms with Crippen molar-refractivity contribution < 1.29 is 22.4 Å². The molecule has 7 nitrogen and oxygen atoms in total. The first-order valence-corrected chi connectivity index (χ1v) is 12.1. The fraction of sp³-hybridized carbons (Fsp3) is 0.120. The first-order valence-electron chi connectivity index (χ1n) is 10.4. The quantitative estimate of drug-likeness (QED) is 0.412. The fourth-order valence-electron chi connectivity index (χ4n) is 3.66. The maximum atomic E-state index is 13.2. The third kappa shape index (κ3) is 5.32. The van der Waals surface area contributed by atoms with Crippen LogP contribution in [0.1, 0.15) is 12.5 Å². The zero-order chi connectivity index (χ0) is 24.3. The summed E-state index contributed by atoms with van der Waals surface area (Å²) in [6.07, 6.45) is 1.46. The second kappa shape index (κ2) is 9.48. The van der Waals surface area contributed by atoms with Crippen molar-refractivity contribution >= 4 is 43.9 Å². The fourth-order valence-corrected chi connectivity index (χ4v) is 5.25. The van der Waals surface area contributed by atoms with Crippen molar-refractivity contribution in [2.45, 2.75) is 24.1 Å². The van der Waals surface area contributed by atoms with Crippen molar-refractivity contribution in [2.75, 3.05) is 10.6 Å². The zero-order valence-electron chi connectivity index (χ0n) is 18.3. The van der Waals surface area contributed by atoms with Crippen molar-refractivity contribution in [1.82, 2.24) is 4.57 Å². The maximum absolute atomic E-state index is 13.2. The van der Waals surface area contributed by atoms with E-state index in [1.54, 1.807) is 53.1 Å². The number of carbonyl (C=O) groups excluding carboxylic acids is 2. The van der Waals surface area contributed by atoms with E-state index in [4.69, 9.17) is 0 Å². The topological polar surface area (TPSA) is 97.3 Å². The Hall–Kier alpha value is -3.98. The van der Waals surface area contributed by atoms with Gasteiger partial charge in [0.1, 0.15) is 12.4 Å². The number of hydrogen-bond donors (Lipinski definition) is 2. The average molecular weight is 480 g/mol. The number of nitrogens with one attached hydrogen (secondary N) is 2. The van der Waals surface area contributed by atoms with Crippen LogP contribution in [-0.2, 0) is 31.7 Å². The lowest BCUT2D eigenvalue weighted by Gasteiger charge is -2.08. The van der Waals surface area contributed by atoms with Crippen LogP contribution in [0.3, 0.4) is 0 Å². The number of para-hydroxylation sites is 1. The van der Waals surface area contributed by atoms with E-state index in [0.717, 1.165) is 0 Å². The van der Waals surface area contributed by atoms with Crippen LogP contribution in [0.15, 0.2) is 83.9 Å². The highest BCUT2D eigenvalue weighted by Crippen LogP contribution is 2.28. The number of nitrogens with zero attached hydrogens (tertiary/aromatic N) is 1. The monoisotopic (exact) mass is 479 g/mol. The molecule has 4 rings (SSSR count). The van der Waals surface area contributed by atoms with Crippen LogP contribution < -0.4 is 10.6 Å². The van der Waals surface area contributed by atoms with E-state index in [0.29, 0.717) is 27.8 Å². The molecule has 34 heavy (non-hydrogen) atoms. The van der Waals surface area contributed by atoms with Gasteiger partial charge in [-0.05, 0) is 48.0 Å². The van der Waals surface area contributed by atoms with E-state index in [9.17, 15) is 22.4 Å². The standard InChI is InChI=1S/C25H22FN3O4S/c1-17(30)27-20-10-12-21(13-11-20)28-25(31)15-29-14-24(22-4-2-3-5-23(22)29)34(32,33)16-18-6-8-19(26)9-7-18/h2-14H,15-16H2,1H3,(H,27,30)(H,28,31). The molecule has 4 aromatic rings. The molecule has 3 aromatic carbocycles. The van der Waals surface area contributed by atoms with Gasteiger partial charge in [0.15, 0.2) is 9.84 Å². The molecule has 2 amide bonds. The summed E-state index contributed by atoms with van der Waals surface area (Å²) >= 11 is 0. The summed E-state index contributed by atoms with van der Waals surface area (Å²) in [7, 11) is -3.75. The number of anilines is 2. The predicted octanol–water partition coefficient (Wildman–Crippen LogP) is 4.35. The van der Waals surface area contributed by atoms with Gasteiger partial charge < -0.3 is 15.2 Å². The van der Waals surface area contributed by atoms with Crippen molar-refractivity contribution in [3.63, 3.8) is 0 Å². The number of sulfone groups is 1. The normalized spacial score (nSPS) is 11.4. The summed E-state index contributed by atoms with van der Waals surface area (Å²) < 4.78 is 41.1. The molecular formula is C25H22FN3O4S. The van der Waals surface area contributed by atoms with Gasteiger partial charge in [0.25, 0.3) is 0 Å². The highest BCUT2D eigenvalue weighted by molar-refractivity contribution is 7.90. The third-order valence-corrected chi connectivity index (χ3v) is 6.87. The predicted molar refractivity (Wildman–Crippen MR) is 129 cm³/mol. The van der Waals surface area contributed by atoms with Gasteiger partial charge >= 0.3 is 0 Å². The van der Waals surface area contributed by atoms with Crippen LogP contribution >= 0.6 is 0 Å². The Labute approximate surface area is 196 Å². The van der Waals surface area contributed by atoms with Crippen molar-refractivity contribution in [3.8, 4) is 0 Å². The highest BCUT2D eigenvalue weighted by atomic mass is 32.2. The molecule has 0 saturated carbocycles. The van der Waals surface area contributed by atoms with E-state index >= 15 is 0 Å². The highest BCUT2D eigenvalue weighted by Gasteiger charge is 2.22. The number of benzene rings is 3. The molecular weight excluding hydrogens is 457 g/mol. The van der Waals surface area contributed by atoms with Gasteiger partial charge in [-0.25, -0.2) is 12.8 Å². The Bertz CT molecular complexity index is 1460. The SMILES string of the molecule is CC(=O)Nc1ccc(NC(=O)Cn2cc(S(=O)(=O)Cc3ccc(F)cc3)c3ccccc32)cc1. The number of amides is 2. The number of rotatable bonds is 7. The van der Waals surface area contributed by atoms with Crippen LogP contribution in [0.25, 0.3) is 10.9 Å². The number of fused-ring (bicyclic) bond motifs is 1. The van der Waals surface area contributed by atoms with E-state index in [1.807, 2.05) is 0 Å². The molecule has 0 atom stereocenters. The molecule has 0 fully saturated rings. The van der Waals surface area contributed by atoms with Gasteiger partial charge in [-0.2, -0.15) is 0 Å². The summed E-state index contributed by atoms with van der Waals surface area (Å²) in [5.41, 5.74) is 2.23. The summed E-state index contributed by atoms with van der Waals surface area (Å²) in [6, 6.07) is 18.9. The Kier molecular flexibility index (Phi) is 6.47. The summed E-state index contributed by atoms with van der Waals surface area (Å²) in [5, 5.41) is 5.93. The second-order valence-corrected chi connectivity index (χ2v) is 9.79. The Morgan fingerprint density at radius 3 is 2.15 bits per heavy atom. The molecule has 0 saturated heterocycles. The van der Waals surface area contributed by atoms with Crippen molar-refractivity contribution in [2.24, 2.45) is 0 Å². The largest absolute Gasteiger partial charge is 0.337 e. The molecule has 1 aromatic heterocycles. The van der Waals surface area contributed by atoms with E-state index in [1.165, 1.54) is 37.4 Å². The minimum absolute atomic E-state index is 0.0972. The smallest absolute Gasteiger partial charge is 0.244 e. The van der Waals surface area contributed by atoms with Gasteiger partial charge in [0.05, 0.1) is 10.6 Å². The first kappa shape index (κ1) is 23.2. The van der Waals surface area contributed by atoms with Crippen LogP contribution in [0, 0.1) is 5.82 Å².